The van der Waals surface area contributed by atoms with Crippen LogP contribution in [-0.2, 0) is 16.0 Å². The zero-order valence-electron chi connectivity index (χ0n) is 16.1. The van der Waals surface area contributed by atoms with Crippen LogP contribution in [-0.4, -0.2) is 56.6 Å². The van der Waals surface area contributed by atoms with Gasteiger partial charge in [0.25, 0.3) is 0 Å². The molecule has 3 rings (SSSR count). The van der Waals surface area contributed by atoms with Crippen molar-refractivity contribution in [2.75, 3.05) is 45.3 Å². The lowest BCUT2D eigenvalue weighted by molar-refractivity contribution is 0.0687. The smallest absolute Gasteiger partial charge is 0.410 e. The van der Waals surface area contributed by atoms with Crippen LogP contribution in [0.4, 0.5) is 10.5 Å². The van der Waals surface area contributed by atoms with E-state index in [-0.39, 0.29) is 6.61 Å². The van der Waals surface area contributed by atoms with E-state index in [1.54, 1.807) is 31.4 Å². The van der Waals surface area contributed by atoms with Crippen molar-refractivity contribution in [3.63, 3.8) is 0 Å². The molecule has 0 spiro atoms. The fourth-order valence-electron chi connectivity index (χ4n) is 2.64. The minimum absolute atomic E-state index is 0.206. The first-order valence-corrected chi connectivity index (χ1v) is 10.1. The monoisotopic (exact) mass is 439 g/mol. The third-order valence-electron chi connectivity index (χ3n) is 4.06. The van der Waals surface area contributed by atoms with Crippen molar-refractivity contribution >= 4 is 35.3 Å². The van der Waals surface area contributed by atoms with Gasteiger partial charge in [-0.15, -0.1) is 0 Å². The van der Waals surface area contributed by atoms with E-state index >= 15 is 0 Å². The highest BCUT2D eigenvalue weighted by Crippen LogP contribution is 2.33. The number of rotatable bonds is 7. The largest absolute Gasteiger partial charge is 0.496 e. The normalized spacial score (nSPS) is 13.1. The Labute approximate surface area is 178 Å². The summed E-state index contributed by atoms with van der Waals surface area (Å²) in [7, 11) is 3.16. The fourth-order valence-corrected chi connectivity index (χ4v) is 3.65. The number of nitrogens with one attached hydrogen (secondary N) is 1. The number of benzene rings is 1. The Bertz CT molecular complexity index is 855. The van der Waals surface area contributed by atoms with Crippen molar-refractivity contribution in [3.05, 3.63) is 41.0 Å². The number of hydrogen-bond donors (Lipinski definition) is 1. The van der Waals surface area contributed by atoms with Crippen LogP contribution in [0.3, 0.4) is 0 Å². The van der Waals surface area contributed by atoms with Gasteiger partial charge in [-0.3, -0.25) is 0 Å². The number of halogens is 1. The average molecular weight is 440 g/mol. The van der Waals surface area contributed by atoms with Gasteiger partial charge in [0.2, 0.25) is 5.88 Å². The Kier molecular flexibility index (Phi) is 7.68. The summed E-state index contributed by atoms with van der Waals surface area (Å²) in [6.45, 7) is 1.67. The van der Waals surface area contributed by atoms with Crippen LogP contribution >= 0.6 is 23.5 Å². The van der Waals surface area contributed by atoms with Crippen LogP contribution in [0, 0.1) is 0 Å². The molecule has 1 aromatic heterocycles. The van der Waals surface area contributed by atoms with Gasteiger partial charge in [-0.05, 0) is 36.2 Å². The molecule has 10 heteroatoms. The summed E-state index contributed by atoms with van der Waals surface area (Å²) >= 11 is 7.43. The topological polar surface area (TPSA) is 82.2 Å². The van der Waals surface area contributed by atoms with Gasteiger partial charge in [-0.2, -0.15) is 0 Å². The second-order valence-corrected chi connectivity index (χ2v) is 7.35. The molecule has 156 valence electrons. The van der Waals surface area contributed by atoms with Crippen LogP contribution in [0.2, 0.25) is 5.02 Å². The summed E-state index contributed by atoms with van der Waals surface area (Å²) in [6, 6.07) is 7.29. The van der Waals surface area contributed by atoms with Gasteiger partial charge >= 0.3 is 6.09 Å². The van der Waals surface area contributed by atoms with E-state index in [4.69, 9.17) is 30.5 Å². The average Bonchev–Trinajstić information content (AvgIpc) is 2.94. The molecule has 2 heterocycles. The molecule has 1 aliphatic rings. The lowest BCUT2D eigenvalue weighted by Gasteiger charge is -2.19. The first kappa shape index (κ1) is 21.4. The number of pyridine rings is 1. The van der Waals surface area contributed by atoms with E-state index in [1.165, 1.54) is 11.9 Å². The number of fused-ring (bicyclic) bond motifs is 1. The number of ether oxygens (including phenoxy) is 4. The molecule has 0 radical (unpaired) electrons. The van der Waals surface area contributed by atoms with Crippen LogP contribution in [0.5, 0.6) is 11.6 Å². The number of carbonyl (C=O) groups is 1. The summed E-state index contributed by atoms with van der Waals surface area (Å²) in [5.74, 6) is 1.22. The maximum absolute atomic E-state index is 12.3. The number of aromatic nitrogens is 1. The number of carbonyl (C=O) groups excluding carboxylic acids is 1. The molecule has 1 aromatic carbocycles. The van der Waals surface area contributed by atoms with Crippen LogP contribution in [0.1, 0.15) is 5.56 Å². The quantitative estimate of drug-likeness (QED) is 0.514. The van der Waals surface area contributed by atoms with Crippen molar-refractivity contribution in [2.45, 2.75) is 11.4 Å². The predicted octanol–water partition coefficient (Wildman–Crippen LogP) is 3.84. The number of anilines is 1. The first-order chi connectivity index (χ1) is 14.1. The third-order valence-corrected chi connectivity index (χ3v) is 5.17. The van der Waals surface area contributed by atoms with Gasteiger partial charge in [0.05, 0.1) is 43.6 Å². The van der Waals surface area contributed by atoms with Crippen LogP contribution in [0.15, 0.2) is 35.4 Å². The van der Waals surface area contributed by atoms with Crippen LogP contribution < -0.4 is 14.2 Å². The molecule has 0 saturated heterocycles. The van der Waals surface area contributed by atoms with Gasteiger partial charge in [0, 0.05) is 17.7 Å². The lowest BCUT2D eigenvalue weighted by Crippen LogP contribution is -2.33. The van der Waals surface area contributed by atoms with Crippen molar-refractivity contribution in [3.8, 4) is 11.6 Å². The zero-order valence-corrected chi connectivity index (χ0v) is 17.7. The van der Waals surface area contributed by atoms with Crippen molar-refractivity contribution < 1.29 is 23.7 Å². The van der Waals surface area contributed by atoms with E-state index < -0.39 is 6.09 Å². The second-order valence-electron chi connectivity index (χ2n) is 6.06. The number of amides is 1. The lowest BCUT2D eigenvalue weighted by atomic mass is 10.2. The number of nitrogens with zero attached hydrogens (tertiary/aromatic N) is 2. The van der Waals surface area contributed by atoms with Gasteiger partial charge in [-0.1, -0.05) is 11.6 Å². The maximum atomic E-state index is 12.3. The Balaban J connectivity index is 1.68. The van der Waals surface area contributed by atoms with E-state index in [0.717, 1.165) is 16.1 Å². The minimum atomic E-state index is -0.407. The molecule has 0 bridgehead atoms. The number of hydrogen-bond acceptors (Lipinski definition) is 8. The molecule has 0 unspecified atom stereocenters. The Morgan fingerprint density at radius 1 is 1.34 bits per heavy atom. The minimum Gasteiger partial charge on any atom is -0.496 e. The van der Waals surface area contributed by atoms with E-state index in [2.05, 4.69) is 9.71 Å². The van der Waals surface area contributed by atoms with Gasteiger partial charge in [-0.25, -0.2) is 9.78 Å². The Hall–Kier alpha value is -2.36. The van der Waals surface area contributed by atoms with Crippen molar-refractivity contribution in [1.82, 2.24) is 9.88 Å². The molecule has 1 aliphatic heterocycles. The zero-order chi connectivity index (χ0) is 20.6. The number of methoxy groups -OCH3 is 2. The van der Waals surface area contributed by atoms with E-state index in [1.807, 2.05) is 18.2 Å². The Morgan fingerprint density at radius 3 is 3.00 bits per heavy atom. The molecule has 8 nitrogen and oxygen atoms in total. The summed E-state index contributed by atoms with van der Waals surface area (Å²) < 4.78 is 24.4. The maximum Gasteiger partial charge on any atom is 0.410 e. The molecule has 0 fully saturated rings. The highest BCUT2D eigenvalue weighted by molar-refractivity contribution is 8.00. The third kappa shape index (κ3) is 5.81. The standard InChI is InChI=1S/C19H22ClN3O5S/c1-25-7-8-28-19(24)23-5-6-27-18-13(12-23)9-15(11-21-18)22-29-17-10-14(20)3-4-16(17)26-2/h3-4,9-11,22H,5-8,12H2,1-2H3. The second kappa shape index (κ2) is 10.4. The first-order valence-electron chi connectivity index (χ1n) is 8.89. The molecule has 0 saturated carbocycles. The summed E-state index contributed by atoms with van der Waals surface area (Å²) in [6.07, 6.45) is 1.27. The SMILES string of the molecule is COCCOC(=O)N1CCOc2ncc(NSc3cc(Cl)ccc3OC)cc2C1. The molecule has 1 amide bonds. The molecule has 29 heavy (non-hydrogen) atoms. The summed E-state index contributed by atoms with van der Waals surface area (Å²) in [4.78, 5) is 19.1. The molecule has 1 N–H and O–H groups in total. The summed E-state index contributed by atoms with van der Waals surface area (Å²) in [5, 5.41) is 0.617. The molecular formula is C19H22ClN3O5S. The van der Waals surface area contributed by atoms with E-state index in [0.29, 0.717) is 43.0 Å². The molecule has 0 aliphatic carbocycles. The van der Waals surface area contributed by atoms with Crippen molar-refractivity contribution in [2.24, 2.45) is 0 Å². The summed E-state index contributed by atoms with van der Waals surface area (Å²) in [5.41, 5.74) is 1.55. The highest BCUT2D eigenvalue weighted by Gasteiger charge is 2.22. The van der Waals surface area contributed by atoms with Gasteiger partial charge < -0.3 is 28.6 Å². The fraction of sp³-hybridized carbons (Fsp3) is 0.368. The molecule has 0 atom stereocenters. The molecule has 2 aromatic rings. The van der Waals surface area contributed by atoms with Crippen LogP contribution in [0.25, 0.3) is 0 Å². The van der Waals surface area contributed by atoms with Crippen molar-refractivity contribution in [1.29, 1.82) is 0 Å². The highest BCUT2D eigenvalue weighted by atomic mass is 35.5. The Morgan fingerprint density at radius 2 is 2.21 bits per heavy atom. The molecular weight excluding hydrogens is 418 g/mol. The predicted molar refractivity (Wildman–Crippen MR) is 111 cm³/mol. The van der Waals surface area contributed by atoms with Gasteiger partial charge in [0.1, 0.15) is 19.0 Å². The van der Waals surface area contributed by atoms with E-state index in [9.17, 15) is 4.79 Å². The van der Waals surface area contributed by atoms with Gasteiger partial charge in [0.15, 0.2) is 0 Å².